The number of unbranched alkanes of at least 4 members (excludes halogenated alkanes) is 1. The normalized spacial score (nSPS) is 10.6. The van der Waals surface area contributed by atoms with E-state index in [1.807, 2.05) is 54.6 Å². The molecule has 3 rings (SSSR count). The molecule has 0 saturated heterocycles. The van der Waals surface area contributed by atoms with Gasteiger partial charge in [-0.25, -0.2) is 0 Å². The molecule has 0 bridgehead atoms. The minimum Gasteiger partial charge on any atom is -0.494 e. The van der Waals surface area contributed by atoms with Gasteiger partial charge in [0, 0.05) is 11.3 Å². The number of H-pyrrole nitrogens is 1. The Morgan fingerprint density at radius 3 is 2.64 bits per heavy atom. The van der Waals surface area contributed by atoms with Gasteiger partial charge in [0.15, 0.2) is 0 Å². The number of aromatic nitrogens is 2. The first-order chi connectivity index (χ1) is 12.2. The molecule has 0 aliphatic rings. The average Bonchev–Trinajstić information content (AvgIpc) is 3.11. The fraction of sp³-hybridized carbons (Fsp3) is 0.250. The highest BCUT2D eigenvalue weighted by Crippen LogP contribution is 2.23. The molecule has 3 N–H and O–H groups in total. The Morgan fingerprint density at radius 1 is 1.00 bits per heavy atom. The van der Waals surface area contributed by atoms with Crippen LogP contribution in [-0.2, 0) is 6.61 Å². The predicted molar refractivity (Wildman–Crippen MR) is 99.6 cm³/mol. The summed E-state index contributed by atoms with van der Waals surface area (Å²) in [6.45, 7) is 3.31. The van der Waals surface area contributed by atoms with E-state index in [1.165, 1.54) is 0 Å². The molecular formula is C20H23N3O2. The molecule has 0 fully saturated rings. The lowest BCUT2D eigenvalue weighted by Gasteiger charge is -2.06. The minimum atomic E-state index is 0.420. The summed E-state index contributed by atoms with van der Waals surface area (Å²) in [4.78, 5) is 0. The topological polar surface area (TPSA) is 73.2 Å². The van der Waals surface area contributed by atoms with E-state index in [0.29, 0.717) is 6.61 Å². The maximum atomic E-state index is 5.76. The zero-order valence-corrected chi connectivity index (χ0v) is 14.4. The number of hydrogen-bond donors (Lipinski definition) is 2. The second kappa shape index (κ2) is 8.24. The number of benzene rings is 2. The summed E-state index contributed by atoms with van der Waals surface area (Å²) < 4.78 is 11.5. The standard InChI is InChI=1S/C20H23N3O2/c1-2-3-11-24-19-6-4-5-15(12-19)20-13-17(22-23-20)14-25-18-9-7-16(21)8-10-18/h4-10,12-13H,2-3,11,14,21H2,1H3,(H,22,23). The predicted octanol–water partition coefficient (Wildman–Crippen LogP) is 4.42. The number of aromatic amines is 1. The molecule has 0 atom stereocenters. The summed E-state index contributed by atoms with van der Waals surface area (Å²) in [6.07, 6.45) is 2.18. The van der Waals surface area contributed by atoms with E-state index in [9.17, 15) is 0 Å². The monoisotopic (exact) mass is 337 g/mol. The maximum Gasteiger partial charge on any atom is 0.130 e. The fourth-order valence-electron chi connectivity index (χ4n) is 2.39. The van der Waals surface area contributed by atoms with Crippen molar-refractivity contribution in [2.75, 3.05) is 12.3 Å². The quantitative estimate of drug-likeness (QED) is 0.471. The Labute approximate surface area is 147 Å². The average molecular weight is 337 g/mol. The Balaban J connectivity index is 1.62. The molecular weight excluding hydrogens is 314 g/mol. The van der Waals surface area contributed by atoms with E-state index >= 15 is 0 Å². The number of nitrogens with two attached hydrogens (primary N) is 1. The second-order valence-electron chi connectivity index (χ2n) is 5.87. The summed E-state index contributed by atoms with van der Waals surface area (Å²) in [5, 5.41) is 7.39. The molecule has 1 heterocycles. The Morgan fingerprint density at radius 2 is 1.84 bits per heavy atom. The van der Waals surface area contributed by atoms with Crippen molar-refractivity contribution in [2.45, 2.75) is 26.4 Å². The lowest BCUT2D eigenvalue weighted by Crippen LogP contribution is -1.96. The number of nitrogen functional groups attached to an aromatic ring is 1. The molecule has 2 aromatic carbocycles. The van der Waals surface area contributed by atoms with E-state index in [0.717, 1.165) is 53.6 Å². The molecule has 5 nitrogen and oxygen atoms in total. The highest BCUT2D eigenvalue weighted by molar-refractivity contribution is 5.61. The first-order valence-corrected chi connectivity index (χ1v) is 8.50. The van der Waals surface area contributed by atoms with Crippen molar-refractivity contribution in [3.8, 4) is 22.8 Å². The summed E-state index contributed by atoms with van der Waals surface area (Å²) in [5.74, 6) is 1.64. The third kappa shape index (κ3) is 4.76. The molecule has 0 unspecified atom stereocenters. The minimum absolute atomic E-state index is 0.420. The number of anilines is 1. The summed E-state index contributed by atoms with van der Waals surface area (Å²) in [7, 11) is 0. The van der Waals surface area contributed by atoms with Gasteiger partial charge in [0.1, 0.15) is 18.1 Å². The number of hydrogen-bond acceptors (Lipinski definition) is 4. The summed E-state index contributed by atoms with van der Waals surface area (Å²) in [5.41, 5.74) is 9.19. The van der Waals surface area contributed by atoms with Gasteiger partial charge in [0.05, 0.1) is 18.0 Å². The van der Waals surface area contributed by atoms with Crippen molar-refractivity contribution in [2.24, 2.45) is 0 Å². The molecule has 0 aliphatic heterocycles. The lowest BCUT2D eigenvalue weighted by molar-refractivity contribution is 0.301. The Hall–Kier alpha value is -2.95. The van der Waals surface area contributed by atoms with Crippen LogP contribution in [0.1, 0.15) is 25.5 Å². The van der Waals surface area contributed by atoms with Crippen molar-refractivity contribution in [1.82, 2.24) is 10.2 Å². The van der Waals surface area contributed by atoms with Crippen LogP contribution < -0.4 is 15.2 Å². The van der Waals surface area contributed by atoms with Crippen LogP contribution in [0.15, 0.2) is 54.6 Å². The van der Waals surface area contributed by atoms with E-state index in [1.54, 1.807) is 0 Å². The van der Waals surface area contributed by atoms with Gasteiger partial charge in [0.2, 0.25) is 0 Å². The van der Waals surface area contributed by atoms with Gasteiger partial charge in [-0.3, -0.25) is 5.10 Å². The summed E-state index contributed by atoms with van der Waals surface area (Å²) >= 11 is 0. The van der Waals surface area contributed by atoms with Crippen molar-refractivity contribution in [3.63, 3.8) is 0 Å². The van der Waals surface area contributed by atoms with E-state index in [-0.39, 0.29) is 0 Å². The third-order valence-corrected chi connectivity index (χ3v) is 3.80. The van der Waals surface area contributed by atoms with Gasteiger partial charge < -0.3 is 15.2 Å². The van der Waals surface area contributed by atoms with Gasteiger partial charge in [-0.2, -0.15) is 5.10 Å². The molecule has 5 heteroatoms. The smallest absolute Gasteiger partial charge is 0.130 e. The van der Waals surface area contributed by atoms with Gasteiger partial charge in [0.25, 0.3) is 0 Å². The number of rotatable bonds is 8. The van der Waals surface area contributed by atoms with Gasteiger partial charge >= 0.3 is 0 Å². The zero-order valence-electron chi connectivity index (χ0n) is 14.4. The van der Waals surface area contributed by atoms with Crippen LogP contribution >= 0.6 is 0 Å². The van der Waals surface area contributed by atoms with Crippen LogP contribution in [0, 0.1) is 0 Å². The van der Waals surface area contributed by atoms with Crippen LogP contribution in [-0.4, -0.2) is 16.8 Å². The van der Waals surface area contributed by atoms with Crippen molar-refractivity contribution >= 4 is 5.69 Å². The van der Waals surface area contributed by atoms with Crippen LogP contribution in [0.3, 0.4) is 0 Å². The molecule has 130 valence electrons. The van der Waals surface area contributed by atoms with Gasteiger partial charge in [-0.1, -0.05) is 25.5 Å². The summed E-state index contributed by atoms with van der Waals surface area (Å²) in [6, 6.07) is 17.3. The molecule has 0 aliphatic carbocycles. The molecule has 0 spiro atoms. The largest absolute Gasteiger partial charge is 0.494 e. The lowest BCUT2D eigenvalue weighted by atomic mass is 10.1. The Kier molecular flexibility index (Phi) is 5.57. The van der Waals surface area contributed by atoms with E-state index < -0.39 is 0 Å². The third-order valence-electron chi connectivity index (χ3n) is 3.80. The SMILES string of the molecule is CCCCOc1cccc(-c2cc(COc3ccc(N)cc3)[nH]n2)c1. The highest BCUT2D eigenvalue weighted by atomic mass is 16.5. The first kappa shape index (κ1) is 16.9. The van der Waals surface area contributed by atoms with E-state index in [2.05, 4.69) is 17.1 Å². The van der Waals surface area contributed by atoms with Crippen LogP contribution in [0.5, 0.6) is 11.5 Å². The van der Waals surface area contributed by atoms with Crippen molar-refractivity contribution in [1.29, 1.82) is 0 Å². The fourth-order valence-corrected chi connectivity index (χ4v) is 2.39. The number of nitrogens with zero attached hydrogens (tertiary/aromatic N) is 1. The zero-order chi connectivity index (χ0) is 17.5. The number of nitrogens with one attached hydrogen (secondary N) is 1. The van der Waals surface area contributed by atoms with Crippen LogP contribution in [0.2, 0.25) is 0 Å². The van der Waals surface area contributed by atoms with Crippen molar-refractivity contribution in [3.05, 3.63) is 60.3 Å². The molecule has 3 aromatic rings. The second-order valence-corrected chi connectivity index (χ2v) is 5.87. The van der Waals surface area contributed by atoms with Gasteiger partial charge in [-0.05, 0) is 48.9 Å². The number of ether oxygens (including phenoxy) is 2. The first-order valence-electron chi connectivity index (χ1n) is 8.50. The highest BCUT2D eigenvalue weighted by Gasteiger charge is 2.06. The molecule has 0 amide bonds. The van der Waals surface area contributed by atoms with Crippen LogP contribution in [0.4, 0.5) is 5.69 Å². The van der Waals surface area contributed by atoms with Crippen molar-refractivity contribution < 1.29 is 9.47 Å². The van der Waals surface area contributed by atoms with Crippen LogP contribution in [0.25, 0.3) is 11.3 Å². The molecule has 1 aromatic heterocycles. The molecule has 25 heavy (non-hydrogen) atoms. The van der Waals surface area contributed by atoms with Gasteiger partial charge in [-0.15, -0.1) is 0 Å². The Bertz CT molecular complexity index is 797. The molecule has 0 radical (unpaired) electrons. The molecule has 0 saturated carbocycles. The van der Waals surface area contributed by atoms with E-state index in [4.69, 9.17) is 15.2 Å². The maximum absolute atomic E-state index is 5.76.